The van der Waals surface area contributed by atoms with Crippen LogP contribution < -0.4 is 0 Å². The molecule has 4 N–H and O–H groups in total. The fourth-order valence-corrected chi connectivity index (χ4v) is 0.661. The number of hydrogen-bond acceptors (Lipinski definition) is 3. The smallest absolute Gasteiger partial charge is 0.300 e. The molecule has 0 aliphatic heterocycles. The molecule has 0 aliphatic carbocycles. The molecule has 0 saturated heterocycles. The van der Waals surface area contributed by atoms with Crippen LogP contribution in [-0.2, 0) is 11.2 Å². The Morgan fingerprint density at radius 2 is 2.07 bits per heavy atom. The van der Waals surface area contributed by atoms with Crippen molar-refractivity contribution < 1.29 is 20.5 Å². The molecule has 0 amide bonds. The van der Waals surface area contributed by atoms with Gasteiger partial charge in [0.2, 0.25) is 0 Å². The zero-order valence-corrected chi connectivity index (χ0v) is 7.97. The standard InChI is InChI=1S/C7H9NO.C2H4O2.H2O/c9-6-4-7-3-1-2-5-8-7;1-2(3)4;/h1-3,5,9H,4,6H2;1H3,(H,3,4);1H2. The summed E-state index contributed by atoms with van der Waals surface area (Å²) in [6.45, 7) is 1.26. The number of carbonyl (C=O) groups is 1. The molecule has 0 radical (unpaired) electrons. The Kier molecular flexibility index (Phi) is 10.3. The van der Waals surface area contributed by atoms with E-state index in [4.69, 9.17) is 15.0 Å². The summed E-state index contributed by atoms with van der Waals surface area (Å²) in [5.41, 5.74) is 0.944. The van der Waals surface area contributed by atoms with Gasteiger partial charge in [0, 0.05) is 31.8 Å². The Morgan fingerprint density at radius 3 is 2.43 bits per heavy atom. The van der Waals surface area contributed by atoms with E-state index >= 15 is 0 Å². The summed E-state index contributed by atoms with van der Waals surface area (Å²) in [4.78, 5) is 13.0. The first-order valence-corrected chi connectivity index (χ1v) is 3.87. The van der Waals surface area contributed by atoms with Gasteiger partial charge in [-0.2, -0.15) is 0 Å². The minimum atomic E-state index is -0.833. The van der Waals surface area contributed by atoms with Gasteiger partial charge in [0.15, 0.2) is 0 Å². The first-order valence-electron chi connectivity index (χ1n) is 3.87. The summed E-state index contributed by atoms with van der Waals surface area (Å²) in [7, 11) is 0. The lowest BCUT2D eigenvalue weighted by Crippen LogP contribution is -1.91. The number of aliphatic hydroxyl groups is 1. The molecule has 1 heterocycles. The Labute approximate surface area is 82.3 Å². The Bertz CT molecular complexity index is 234. The number of aliphatic carboxylic acids is 1. The fraction of sp³-hybridized carbons (Fsp3) is 0.333. The van der Waals surface area contributed by atoms with E-state index in [1.54, 1.807) is 6.20 Å². The van der Waals surface area contributed by atoms with Gasteiger partial charge in [-0.25, -0.2) is 0 Å². The SMILES string of the molecule is CC(=O)O.O.OCCc1ccccn1. The second-order valence-corrected chi connectivity index (χ2v) is 2.31. The van der Waals surface area contributed by atoms with Crippen LogP contribution in [-0.4, -0.2) is 33.2 Å². The molecule has 0 fully saturated rings. The van der Waals surface area contributed by atoms with Crippen molar-refractivity contribution in [1.82, 2.24) is 4.98 Å². The van der Waals surface area contributed by atoms with Crippen LogP contribution in [0.3, 0.4) is 0 Å². The van der Waals surface area contributed by atoms with Gasteiger partial charge in [0.05, 0.1) is 0 Å². The number of carboxylic acid groups (broad SMARTS) is 1. The summed E-state index contributed by atoms with van der Waals surface area (Å²) in [5, 5.41) is 15.9. The number of nitrogens with zero attached hydrogens (tertiary/aromatic N) is 1. The molecule has 5 nitrogen and oxygen atoms in total. The molecule has 0 bridgehead atoms. The van der Waals surface area contributed by atoms with Crippen LogP contribution in [0, 0.1) is 0 Å². The molecule has 5 heteroatoms. The lowest BCUT2D eigenvalue weighted by molar-refractivity contribution is -0.134. The van der Waals surface area contributed by atoms with E-state index in [1.165, 1.54) is 0 Å². The van der Waals surface area contributed by atoms with Crippen LogP contribution in [0.2, 0.25) is 0 Å². The number of carboxylic acids is 1. The van der Waals surface area contributed by atoms with Gasteiger partial charge in [-0.3, -0.25) is 9.78 Å². The molecule has 0 aliphatic rings. The van der Waals surface area contributed by atoms with Crippen molar-refractivity contribution in [2.24, 2.45) is 0 Å². The van der Waals surface area contributed by atoms with Crippen molar-refractivity contribution in [2.45, 2.75) is 13.3 Å². The minimum absolute atomic E-state index is 0. The van der Waals surface area contributed by atoms with Crippen LogP contribution in [0.25, 0.3) is 0 Å². The van der Waals surface area contributed by atoms with Crippen LogP contribution >= 0.6 is 0 Å². The average molecular weight is 201 g/mol. The van der Waals surface area contributed by atoms with Crippen LogP contribution in [0.15, 0.2) is 24.4 Å². The normalized spacial score (nSPS) is 7.86. The van der Waals surface area contributed by atoms with Crippen LogP contribution in [0.1, 0.15) is 12.6 Å². The van der Waals surface area contributed by atoms with Crippen molar-refractivity contribution in [3.63, 3.8) is 0 Å². The number of hydrogen-bond donors (Lipinski definition) is 2. The maximum atomic E-state index is 9.00. The second kappa shape index (κ2) is 9.63. The third-order valence-corrected chi connectivity index (χ3v) is 1.09. The number of aromatic nitrogens is 1. The fourth-order valence-electron chi connectivity index (χ4n) is 0.661. The molecule has 0 saturated carbocycles. The van der Waals surface area contributed by atoms with E-state index in [-0.39, 0.29) is 12.1 Å². The predicted molar refractivity (Wildman–Crippen MR) is 52.0 cm³/mol. The highest BCUT2D eigenvalue weighted by atomic mass is 16.4. The molecule has 14 heavy (non-hydrogen) atoms. The molecule has 1 aromatic rings. The van der Waals surface area contributed by atoms with Crippen molar-refractivity contribution in [3.8, 4) is 0 Å². The maximum absolute atomic E-state index is 9.00. The summed E-state index contributed by atoms with van der Waals surface area (Å²) in [6, 6.07) is 5.68. The lowest BCUT2D eigenvalue weighted by Gasteiger charge is -1.92. The molecule has 1 aromatic heterocycles. The molecule has 0 spiro atoms. The zero-order chi connectivity index (χ0) is 10.1. The van der Waals surface area contributed by atoms with E-state index in [1.807, 2.05) is 18.2 Å². The highest BCUT2D eigenvalue weighted by Crippen LogP contribution is 1.91. The van der Waals surface area contributed by atoms with E-state index in [0.29, 0.717) is 6.42 Å². The summed E-state index contributed by atoms with van der Waals surface area (Å²) < 4.78 is 0. The van der Waals surface area contributed by atoms with E-state index in [2.05, 4.69) is 4.98 Å². The molecule has 0 aromatic carbocycles. The number of aliphatic hydroxyl groups excluding tert-OH is 1. The van der Waals surface area contributed by atoms with E-state index in [9.17, 15) is 0 Å². The first-order chi connectivity index (χ1) is 6.16. The van der Waals surface area contributed by atoms with Gasteiger partial charge in [-0.15, -0.1) is 0 Å². The lowest BCUT2D eigenvalue weighted by atomic mass is 10.3. The highest BCUT2D eigenvalue weighted by molar-refractivity contribution is 5.62. The Hall–Kier alpha value is -1.46. The van der Waals surface area contributed by atoms with E-state index in [0.717, 1.165) is 12.6 Å². The van der Waals surface area contributed by atoms with E-state index < -0.39 is 5.97 Å². The number of rotatable bonds is 2. The van der Waals surface area contributed by atoms with Gasteiger partial charge in [-0.1, -0.05) is 6.07 Å². The van der Waals surface area contributed by atoms with Crippen molar-refractivity contribution in [1.29, 1.82) is 0 Å². The van der Waals surface area contributed by atoms with Gasteiger partial charge in [-0.05, 0) is 12.1 Å². The van der Waals surface area contributed by atoms with Gasteiger partial charge in [0.1, 0.15) is 0 Å². The molecular formula is C9H15NO4. The van der Waals surface area contributed by atoms with Gasteiger partial charge in [0.25, 0.3) is 5.97 Å². The van der Waals surface area contributed by atoms with Gasteiger partial charge < -0.3 is 15.7 Å². The molecule has 80 valence electrons. The molecule has 0 unspecified atom stereocenters. The quantitative estimate of drug-likeness (QED) is 0.696. The summed E-state index contributed by atoms with van der Waals surface area (Å²) >= 11 is 0. The summed E-state index contributed by atoms with van der Waals surface area (Å²) in [5.74, 6) is -0.833. The van der Waals surface area contributed by atoms with Gasteiger partial charge >= 0.3 is 0 Å². The first kappa shape index (κ1) is 15.0. The molecular weight excluding hydrogens is 186 g/mol. The average Bonchev–Trinajstić information content (AvgIpc) is 2.06. The minimum Gasteiger partial charge on any atom is -0.481 e. The van der Waals surface area contributed by atoms with Crippen LogP contribution in [0.5, 0.6) is 0 Å². The summed E-state index contributed by atoms with van der Waals surface area (Å²) in [6.07, 6.45) is 2.38. The zero-order valence-electron chi connectivity index (χ0n) is 7.97. The third kappa shape index (κ3) is 10.5. The van der Waals surface area contributed by atoms with Crippen molar-refractivity contribution in [3.05, 3.63) is 30.1 Å². The number of pyridine rings is 1. The molecule has 1 rings (SSSR count). The Morgan fingerprint density at radius 1 is 1.50 bits per heavy atom. The van der Waals surface area contributed by atoms with Crippen molar-refractivity contribution >= 4 is 5.97 Å². The third-order valence-electron chi connectivity index (χ3n) is 1.09. The highest BCUT2D eigenvalue weighted by Gasteiger charge is 1.87. The maximum Gasteiger partial charge on any atom is 0.300 e. The second-order valence-electron chi connectivity index (χ2n) is 2.31. The predicted octanol–water partition coefficient (Wildman–Crippen LogP) is -0.117. The topological polar surface area (TPSA) is 102 Å². The Balaban J connectivity index is 0. The van der Waals surface area contributed by atoms with Crippen molar-refractivity contribution in [2.75, 3.05) is 6.61 Å². The largest absolute Gasteiger partial charge is 0.481 e. The molecule has 0 atom stereocenters. The van der Waals surface area contributed by atoms with Crippen LogP contribution in [0.4, 0.5) is 0 Å². The monoisotopic (exact) mass is 201 g/mol.